The molecule has 1 aromatic carbocycles. The van der Waals surface area contributed by atoms with Crippen LogP contribution in [0.4, 0.5) is 4.39 Å². The Kier molecular flexibility index (Phi) is 4.61. The maximum Gasteiger partial charge on any atom is 0.254 e. The Bertz CT molecular complexity index is 964. The number of aromatic nitrogens is 2. The molecule has 1 aliphatic carbocycles. The number of aryl methyl sites for hydroxylation is 2. The van der Waals surface area contributed by atoms with Gasteiger partial charge < -0.3 is 5.32 Å². The Morgan fingerprint density at radius 3 is 2.58 bits per heavy atom. The van der Waals surface area contributed by atoms with Gasteiger partial charge in [0.2, 0.25) is 10.0 Å². The van der Waals surface area contributed by atoms with Crippen LogP contribution in [0.1, 0.15) is 34.6 Å². The molecule has 1 saturated carbocycles. The van der Waals surface area contributed by atoms with Crippen LogP contribution >= 0.6 is 0 Å². The smallest absolute Gasteiger partial charge is 0.254 e. The zero-order valence-electron chi connectivity index (χ0n) is 14.6. The number of sulfonamides is 1. The second kappa shape index (κ2) is 6.48. The van der Waals surface area contributed by atoms with E-state index in [0.717, 1.165) is 42.4 Å². The minimum Gasteiger partial charge on any atom is -0.351 e. The molecule has 0 bridgehead atoms. The molecule has 0 atom stereocenters. The third-order valence-electron chi connectivity index (χ3n) is 4.68. The summed E-state index contributed by atoms with van der Waals surface area (Å²) in [4.78, 5) is 12.0. The fourth-order valence-electron chi connectivity index (χ4n) is 2.94. The quantitative estimate of drug-likeness (QED) is 0.792. The van der Waals surface area contributed by atoms with E-state index in [-0.39, 0.29) is 15.9 Å². The monoisotopic (exact) mass is 380 g/mol. The number of nitrogens with zero attached hydrogens (tertiary/aromatic N) is 2. The number of nitrogens with two attached hydrogens (primary N) is 1. The molecular weight excluding hydrogens is 359 g/mol. The first-order chi connectivity index (χ1) is 12.1. The third-order valence-corrected chi connectivity index (χ3v) is 5.59. The van der Waals surface area contributed by atoms with Crippen LogP contribution in [0, 0.1) is 25.1 Å². The summed E-state index contributed by atoms with van der Waals surface area (Å²) in [5, 5.41) is 12.2. The molecule has 0 aliphatic heterocycles. The van der Waals surface area contributed by atoms with E-state index in [0.29, 0.717) is 13.1 Å². The maximum absolute atomic E-state index is 13.9. The van der Waals surface area contributed by atoms with Gasteiger partial charge in [0.25, 0.3) is 5.91 Å². The van der Waals surface area contributed by atoms with Gasteiger partial charge in [-0.05, 0) is 51.0 Å². The van der Waals surface area contributed by atoms with Crippen LogP contribution in [0.25, 0.3) is 0 Å². The summed E-state index contributed by atoms with van der Waals surface area (Å²) in [7, 11) is -4.01. The van der Waals surface area contributed by atoms with E-state index in [9.17, 15) is 17.6 Å². The molecule has 3 N–H and O–H groups in total. The van der Waals surface area contributed by atoms with Gasteiger partial charge >= 0.3 is 0 Å². The molecule has 0 spiro atoms. The number of rotatable bonds is 6. The lowest BCUT2D eigenvalue weighted by molar-refractivity contribution is 0.0938. The van der Waals surface area contributed by atoms with Crippen molar-refractivity contribution in [3.05, 3.63) is 47.0 Å². The Balaban J connectivity index is 1.70. The summed E-state index contributed by atoms with van der Waals surface area (Å²) in [5.74, 6) is -1.45. The lowest BCUT2D eigenvalue weighted by Gasteiger charge is -2.17. The van der Waals surface area contributed by atoms with Crippen molar-refractivity contribution in [1.82, 2.24) is 15.1 Å². The van der Waals surface area contributed by atoms with Gasteiger partial charge in [0, 0.05) is 24.2 Å². The van der Waals surface area contributed by atoms with Crippen molar-refractivity contribution in [1.29, 1.82) is 0 Å². The highest BCUT2D eigenvalue weighted by atomic mass is 32.2. The molecule has 9 heteroatoms. The van der Waals surface area contributed by atoms with Gasteiger partial charge in [-0.15, -0.1) is 0 Å². The van der Waals surface area contributed by atoms with Crippen molar-refractivity contribution in [2.45, 2.75) is 38.1 Å². The zero-order chi connectivity index (χ0) is 19.1. The van der Waals surface area contributed by atoms with E-state index in [1.165, 1.54) is 0 Å². The molecule has 1 aliphatic rings. The number of primary sulfonamides is 1. The standard InChI is InChI=1S/C17H21FN4O3S/c1-11-7-12(2)22(21-11)10-17(5-6-17)9-20-16(23)14-8-13(26(19,24)25)3-4-15(14)18/h3-4,7-8H,5-6,9-10H2,1-2H3,(H,20,23)(H2,19,24,25). The predicted molar refractivity (Wildman–Crippen MR) is 93.5 cm³/mol. The predicted octanol–water partition coefficient (Wildman–Crippen LogP) is 1.50. The van der Waals surface area contributed by atoms with Gasteiger partial charge in [-0.1, -0.05) is 0 Å². The van der Waals surface area contributed by atoms with Crippen LogP contribution in [-0.4, -0.2) is 30.7 Å². The second-order valence-electron chi connectivity index (χ2n) is 6.95. The fourth-order valence-corrected chi connectivity index (χ4v) is 3.48. The number of benzene rings is 1. The number of carbonyl (C=O) groups excluding carboxylic acids is 1. The normalized spacial score (nSPS) is 15.7. The van der Waals surface area contributed by atoms with Crippen molar-refractivity contribution in [3.63, 3.8) is 0 Å². The van der Waals surface area contributed by atoms with Crippen molar-refractivity contribution in [2.24, 2.45) is 10.6 Å². The Hall–Kier alpha value is -2.26. The van der Waals surface area contributed by atoms with Crippen LogP contribution in [-0.2, 0) is 16.6 Å². The molecule has 1 amide bonds. The molecule has 1 aromatic heterocycles. The van der Waals surface area contributed by atoms with E-state index < -0.39 is 21.7 Å². The van der Waals surface area contributed by atoms with Gasteiger partial charge in [-0.25, -0.2) is 17.9 Å². The summed E-state index contributed by atoms with van der Waals surface area (Å²) in [6.45, 7) is 4.94. The number of hydrogen-bond acceptors (Lipinski definition) is 4. The summed E-state index contributed by atoms with van der Waals surface area (Å²) in [6, 6.07) is 4.91. The molecule has 26 heavy (non-hydrogen) atoms. The van der Waals surface area contributed by atoms with Crippen molar-refractivity contribution in [2.75, 3.05) is 6.54 Å². The van der Waals surface area contributed by atoms with Gasteiger partial charge in [-0.3, -0.25) is 9.48 Å². The Morgan fingerprint density at radius 2 is 2.04 bits per heavy atom. The molecule has 0 saturated heterocycles. The van der Waals surface area contributed by atoms with E-state index in [1.54, 1.807) is 0 Å². The number of nitrogens with one attached hydrogen (secondary N) is 1. The molecule has 140 valence electrons. The van der Waals surface area contributed by atoms with Crippen LogP contribution in [0.15, 0.2) is 29.2 Å². The fraction of sp³-hybridized carbons (Fsp3) is 0.412. The van der Waals surface area contributed by atoms with Gasteiger partial charge in [0.1, 0.15) is 5.82 Å². The van der Waals surface area contributed by atoms with Crippen molar-refractivity contribution >= 4 is 15.9 Å². The first kappa shape index (κ1) is 18.5. The van der Waals surface area contributed by atoms with Crippen LogP contribution in [0.2, 0.25) is 0 Å². The second-order valence-corrected chi connectivity index (χ2v) is 8.52. The Labute approximate surface area is 151 Å². The average molecular weight is 380 g/mol. The summed E-state index contributed by atoms with van der Waals surface area (Å²) >= 11 is 0. The third kappa shape index (κ3) is 3.94. The number of carbonyl (C=O) groups is 1. The first-order valence-electron chi connectivity index (χ1n) is 8.21. The maximum atomic E-state index is 13.9. The molecule has 0 unspecified atom stereocenters. The molecule has 2 aromatic rings. The number of amides is 1. The Morgan fingerprint density at radius 1 is 1.35 bits per heavy atom. The number of halogens is 1. The number of hydrogen-bond donors (Lipinski definition) is 2. The summed E-state index contributed by atoms with van der Waals surface area (Å²) in [6.07, 6.45) is 1.87. The lowest BCUT2D eigenvalue weighted by Crippen LogP contribution is -2.33. The van der Waals surface area contributed by atoms with E-state index in [1.807, 2.05) is 24.6 Å². The SMILES string of the molecule is Cc1cc(C)n(CC2(CNC(=O)c3cc(S(N)(=O)=O)ccc3F)CC2)n1. The summed E-state index contributed by atoms with van der Waals surface area (Å²) in [5.41, 5.74) is 1.54. The van der Waals surface area contributed by atoms with E-state index >= 15 is 0 Å². The molecule has 7 nitrogen and oxygen atoms in total. The summed E-state index contributed by atoms with van der Waals surface area (Å²) < 4.78 is 38.6. The molecular formula is C17H21FN4O3S. The molecule has 3 rings (SSSR count). The molecule has 1 fully saturated rings. The van der Waals surface area contributed by atoms with Crippen LogP contribution in [0.5, 0.6) is 0 Å². The minimum absolute atomic E-state index is 0.104. The average Bonchev–Trinajstić information content (AvgIpc) is 3.23. The van der Waals surface area contributed by atoms with Gasteiger partial charge in [0.05, 0.1) is 16.2 Å². The lowest BCUT2D eigenvalue weighted by atomic mass is 10.1. The first-order valence-corrected chi connectivity index (χ1v) is 9.76. The highest BCUT2D eigenvalue weighted by Gasteiger charge is 2.43. The van der Waals surface area contributed by atoms with Crippen LogP contribution in [0.3, 0.4) is 0 Å². The van der Waals surface area contributed by atoms with Crippen LogP contribution < -0.4 is 10.5 Å². The van der Waals surface area contributed by atoms with Crippen molar-refractivity contribution < 1.29 is 17.6 Å². The van der Waals surface area contributed by atoms with Crippen molar-refractivity contribution in [3.8, 4) is 0 Å². The minimum atomic E-state index is -4.01. The zero-order valence-corrected chi connectivity index (χ0v) is 15.4. The largest absolute Gasteiger partial charge is 0.351 e. The molecule has 1 heterocycles. The van der Waals surface area contributed by atoms with E-state index in [2.05, 4.69) is 10.4 Å². The van der Waals surface area contributed by atoms with Gasteiger partial charge in [0.15, 0.2) is 0 Å². The van der Waals surface area contributed by atoms with E-state index in [4.69, 9.17) is 5.14 Å². The topological polar surface area (TPSA) is 107 Å². The van der Waals surface area contributed by atoms with Gasteiger partial charge in [-0.2, -0.15) is 5.10 Å². The highest BCUT2D eigenvalue weighted by Crippen LogP contribution is 2.46. The highest BCUT2D eigenvalue weighted by molar-refractivity contribution is 7.89. The molecule has 0 radical (unpaired) electrons.